The maximum Gasteiger partial charge on any atom is 0.186 e. The minimum Gasteiger partial charge on any atom is -0.398 e. The molecule has 0 aromatic carbocycles. The van der Waals surface area contributed by atoms with Crippen molar-refractivity contribution >= 4 is 19.7 Å². The summed E-state index contributed by atoms with van der Waals surface area (Å²) in [7, 11) is -1.66. The zero-order chi connectivity index (χ0) is 10.8. The van der Waals surface area contributed by atoms with Gasteiger partial charge in [0.25, 0.3) is 0 Å². The van der Waals surface area contributed by atoms with E-state index in [4.69, 9.17) is 9.69 Å². The smallest absolute Gasteiger partial charge is 0.186 e. The van der Waals surface area contributed by atoms with Crippen molar-refractivity contribution in [3.63, 3.8) is 0 Å². The van der Waals surface area contributed by atoms with E-state index in [9.17, 15) is 0 Å². The first kappa shape index (κ1) is 11.4. The quantitative estimate of drug-likeness (QED) is 0.744. The second-order valence-electron chi connectivity index (χ2n) is 4.02. The molecule has 0 aliphatic rings. The number of hydrogen-bond donors (Lipinski definition) is 0. The molecule has 0 fully saturated rings. The van der Waals surface area contributed by atoms with Gasteiger partial charge in [-0.05, 0) is 26.6 Å². The highest BCUT2D eigenvalue weighted by molar-refractivity contribution is 7.11. The number of rotatable bonds is 3. The third-order valence-corrected chi connectivity index (χ3v) is 3.39. The number of aryl methyl sites for hydroxylation is 1. The van der Waals surface area contributed by atoms with E-state index in [1.165, 1.54) is 11.3 Å². The Hall–Kier alpha value is -0.703. The molecule has 0 bridgehead atoms. The van der Waals surface area contributed by atoms with Gasteiger partial charge in [0.05, 0.1) is 16.0 Å². The third kappa shape index (κ3) is 3.22. The molecule has 1 heterocycles. The first-order valence-electron chi connectivity index (χ1n) is 4.42. The van der Waals surface area contributed by atoms with Gasteiger partial charge in [0.2, 0.25) is 0 Å². The maximum absolute atomic E-state index is 8.98. The topological polar surface area (TPSA) is 45.9 Å². The molecule has 76 valence electrons. The van der Waals surface area contributed by atoms with Crippen molar-refractivity contribution in [2.45, 2.75) is 32.7 Å². The summed E-state index contributed by atoms with van der Waals surface area (Å²) in [5.41, 5.74) is 0. The van der Waals surface area contributed by atoms with Gasteiger partial charge in [0, 0.05) is 6.20 Å². The summed E-state index contributed by atoms with van der Waals surface area (Å²) in [6.45, 7) is 8.15. The van der Waals surface area contributed by atoms with Crippen molar-refractivity contribution < 1.29 is 4.43 Å². The Bertz CT molecular complexity index is 350. The zero-order valence-electron chi connectivity index (χ0n) is 8.87. The Kier molecular flexibility index (Phi) is 3.42. The van der Waals surface area contributed by atoms with Crippen LogP contribution in [-0.4, -0.2) is 13.3 Å². The van der Waals surface area contributed by atoms with Crippen molar-refractivity contribution in [3.05, 3.63) is 16.1 Å². The van der Waals surface area contributed by atoms with Crippen molar-refractivity contribution in [1.29, 1.82) is 5.26 Å². The van der Waals surface area contributed by atoms with Crippen LogP contribution in [0.5, 0.6) is 0 Å². The monoisotopic (exact) mass is 226 g/mol. The lowest BCUT2D eigenvalue weighted by Gasteiger charge is -2.20. The summed E-state index contributed by atoms with van der Waals surface area (Å²) in [6.07, 6.45) is 1.29. The molecule has 1 atom stereocenters. The summed E-state index contributed by atoms with van der Waals surface area (Å²) < 4.78 is 5.73. The van der Waals surface area contributed by atoms with Crippen LogP contribution in [0.3, 0.4) is 0 Å². The van der Waals surface area contributed by atoms with Gasteiger partial charge in [-0.25, -0.2) is 4.98 Å². The molecule has 0 spiro atoms. The fourth-order valence-corrected chi connectivity index (χ4v) is 2.73. The standard InChI is InChI=1S/C9H14N2OSSi/c1-7-11-6-9(13-7)8(5-10)12-14(2,3)4/h6,8H,1-4H3. The van der Waals surface area contributed by atoms with Gasteiger partial charge in [-0.3, -0.25) is 0 Å². The van der Waals surface area contributed by atoms with Crippen molar-refractivity contribution in [2.75, 3.05) is 0 Å². The molecule has 0 aliphatic carbocycles. The Morgan fingerprint density at radius 3 is 2.57 bits per heavy atom. The van der Waals surface area contributed by atoms with E-state index >= 15 is 0 Å². The summed E-state index contributed by atoms with van der Waals surface area (Å²) in [5, 5.41) is 9.95. The highest BCUT2D eigenvalue weighted by Gasteiger charge is 2.23. The van der Waals surface area contributed by atoms with E-state index in [1.807, 2.05) is 6.92 Å². The lowest BCUT2D eigenvalue weighted by atomic mass is 10.3. The molecule has 0 aliphatic heterocycles. The first-order chi connectivity index (χ1) is 6.42. The van der Waals surface area contributed by atoms with Gasteiger partial charge in [0.1, 0.15) is 0 Å². The molecule has 14 heavy (non-hydrogen) atoms. The van der Waals surface area contributed by atoms with Crippen LogP contribution in [0.2, 0.25) is 19.6 Å². The fraction of sp³-hybridized carbons (Fsp3) is 0.556. The maximum atomic E-state index is 8.98. The number of thiazole rings is 1. The fourth-order valence-electron chi connectivity index (χ4n) is 1.00. The molecule has 0 N–H and O–H groups in total. The molecule has 1 unspecified atom stereocenters. The van der Waals surface area contributed by atoms with Crippen molar-refractivity contribution in [3.8, 4) is 6.07 Å². The van der Waals surface area contributed by atoms with E-state index in [0.717, 1.165) is 9.88 Å². The van der Waals surface area contributed by atoms with Gasteiger partial charge < -0.3 is 4.43 Å². The average molecular weight is 226 g/mol. The van der Waals surface area contributed by atoms with Gasteiger partial charge in [-0.2, -0.15) is 5.26 Å². The van der Waals surface area contributed by atoms with Crippen molar-refractivity contribution in [2.24, 2.45) is 0 Å². The minimum absolute atomic E-state index is 0.437. The number of nitriles is 1. The van der Waals surface area contributed by atoms with E-state index < -0.39 is 14.4 Å². The van der Waals surface area contributed by atoms with Crippen LogP contribution < -0.4 is 0 Å². The number of nitrogens with zero attached hydrogens (tertiary/aromatic N) is 2. The highest BCUT2D eigenvalue weighted by Crippen LogP contribution is 2.25. The van der Waals surface area contributed by atoms with Crippen LogP contribution in [0.4, 0.5) is 0 Å². The summed E-state index contributed by atoms with van der Waals surface area (Å²) >= 11 is 1.52. The van der Waals surface area contributed by atoms with E-state index in [1.54, 1.807) is 6.20 Å². The average Bonchev–Trinajstić information content (AvgIpc) is 2.46. The highest BCUT2D eigenvalue weighted by atomic mass is 32.1. The van der Waals surface area contributed by atoms with E-state index in [0.29, 0.717) is 0 Å². The second kappa shape index (κ2) is 4.21. The van der Waals surface area contributed by atoms with Crippen LogP contribution in [-0.2, 0) is 4.43 Å². The molecule has 1 aromatic rings. The Balaban J connectivity index is 2.79. The molecular weight excluding hydrogens is 212 g/mol. The van der Waals surface area contributed by atoms with Gasteiger partial charge >= 0.3 is 0 Å². The SMILES string of the molecule is Cc1ncc(C(C#N)O[Si](C)(C)C)s1. The molecule has 1 aromatic heterocycles. The number of aromatic nitrogens is 1. The summed E-state index contributed by atoms with van der Waals surface area (Å²) in [5.74, 6) is 0. The van der Waals surface area contributed by atoms with Gasteiger partial charge in [-0.15, -0.1) is 11.3 Å². The molecule has 0 saturated carbocycles. The lowest BCUT2D eigenvalue weighted by molar-refractivity contribution is 0.258. The van der Waals surface area contributed by atoms with Crippen LogP contribution >= 0.6 is 11.3 Å². The largest absolute Gasteiger partial charge is 0.398 e. The van der Waals surface area contributed by atoms with Crippen LogP contribution in [0.15, 0.2) is 6.20 Å². The zero-order valence-corrected chi connectivity index (χ0v) is 10.7. The minimum atomic E-state index is -1.66. The normalized spacial score (nSPS) is 13.6. The second-order valence-corrected chi connectivity index (χ2v) is 9.75. The van der Waals surface area contributed by atoms with Gasteiger partial charge in [-0.1, -0.05) is 0 Å². The summed E-state index contributed by atoms with van der Waals surface area (Å²) in [6, 6.07) is 2.17. The number of hydrogen-bond acceptors (Lipinski definition) is 4. The molecular formula is C9H14N2OSSi. The summed E-state index contributed by atoms with van der Waals surface area (Å²) in [4.78, 5) is 5.03. The first-order valence-corrected chi connectivity index (χ1v) is 8.64. The molecule has 3 nitrogen and oxygen atoms in total. The third-order valence-electron chi connectivity index (χ3n) is 1.49. The predicted octanol–water partition coefficient (Wildman–Crippen LogP) is 2.87. The van der Waals surface area contributed by atoms with Crippen LogP contribution in [0.1, 0.15) is 16.0 Å². The van der Waals surface area contributed by atoms with Crippen molar-refractivity contribution in [1.82, 2.24) is 4.98 Å². The Labute approximate surface area is 89.5 Å². The van der Waals surface area contributed by atoms with E-state index in [2.05, 4.69) is 30.7 Å². The van der Waals surface area contributed by atoms with E-state index in [-0.39, 0.29) is 0 Å². The molecule has 5 heteroatoms. The molecule has 0 radical (unpaired) electrons. The lowest BCUT2D eigenvalue weighted by Crippen LogP contribution is -2.27. The van der Waals surface area contributed by atoms with Crippen LogP contribution in [0.25, 0.3) is 0 Å². The van der Waals surface area contributed by atoms with Crippen LogP contribution in [0, 0.1) is 18.3 Å². The van der Waals surface area contributed by atoms with Gasteiger partial charge in [0.15, 0.2) is 14.4 Å². The predicted molar refractivity (Wildman–Crippen MR) is 59.6 cm³/mol. The molecule has 0 saturated heterocycles. The molecule has 1 rings (SSSR count). The Morgan fingerprint density at radius 2 is 2.21 bits per heavy atom. The Morgan fingerprint density at radius 1 is 1.57 bits per heavy atom. The molecule has 0 amide bonds.